The first-order valence-corrected chi connectivity index (χ1v) is 9.61. The van der Waals surface area contributed by atoms with E-state index in [2.05, 4.69) is 11.8 Å². The molecule has 2 nitrogen and oxygen atoms in total. The van der Waals surface area contributed by atoms with Gasteiger partial charge in [0, 0.05) is 11.6 Å². The summed E-state index contributed by atoms with van der Waals surface area (Å²) in [5.74, 6) is 4.51. The summed E-state index contributed by atoms with van der Waals surface area (Å²) in [6, 6.07) is 18.1. The van der Waals surface area contributed by atoms with Crippen molar-refractivity contribution in [1.82, 2.24) is 0 Å². The lowest BCUT2D eigenvalue weighted by Gasteiger charge is -2.06. The Balaban J connectivity index is 1.63. The lowest BCUT2D eigenvalue weighted by Crippen LogP contribution is -2.08. The molecule has 3 aromatic carbocycles. The quantitative estimate of drug-likeness (QED) is 0.269. The Morgan fingerprint density at radius 2 is 1.68 bits per heavy atom. The SMILES string of the molecule is Cc1ccc(C#Cc2ccc(OC(=O)c3ccc(CCC=C(F)F)cc3)cc2F)cc1. The fourth-order valence-electron chi connectivity index (χ4n) is 2.76. The molecule has 0 amide bonds. The van der Waals surface area contributed by atoms with E-state index >= 15 is 0 Å². The zero-order valence-corrected chi connectivity index (χ0v) is 16.8. The average Bonchev–Trinajstić information content (AvgIpc) is 2.74. The van der Waals surface area contributed by atoms with Crippen LogP contribution in [0.25, 0.3) is 0 Å². The van der Waals surface area contributed by atoms with Crippen LogP contribution in [0.5, 0.6) is 5.75 Å². The number of rotatable bonds is 5. The predicted molar refractivity (Wildman–Crippen MR) is 114 cm³/mol. The van der Waals surface area contributed by atoms with Crippen molar-refractivity contribution >= 4 is 5.97 Å². The van der Waals surface area contributed by atoms with Crippen molar-refractivity contribution in [3.05, 3.63) is 113 Å². The lowest BCUT2D eigenvalue weighted by atomic mass is 10.1. The second-order valence-electron chi connectivity index (χ2n) is 6.88. The van der Waals surface area contributed by atoms with Crippen LogP contribution in [-0.4, -0.2) is 5.97 Å². The van der Waals surface area contributed by atoms with Crippen molar-refractivity contribution in [2.45, 2.75) is 19.8 Å². The molecule has 3 rings (SSSR count). The van der Waals surface area contributed by atoms with Gasteiger partial charge in [0.2, 0.25) is 0 Å². The Bertz CT molecular complexity index is 1150. The normalized spacial score (nSPS) is 10.1. The third kappa shape index (κ3) is 6.61. The molecule has 0 aliphatic rings. The number of hydrogen-bond donors (Lipinski definition) is 0. The Kier molecular flexibility index (Phi) is 7.29. The minimum atomic E-state index is -1.71. The van der Waals surface area contributed by atoms with Gasteiger partial charge in [-0.2, -0.15) is 8.78 Å². The maximum atomic E-state index is 14.3. The molecule has 31 heavy (non-hydrogen) atoms. The van der Waals surface area contributed by atoms with E-state index in [0.29, 0.717) is 6.42 Å². The van der Waals surface area contributed by atoms with E-state index in [-0.39, 0.29) is 23.3 Å². The van der Waals surface area contributed by atoms with Gasteiger partial charge in [0.15, 0.2) is 0 Å². The lowest BCUT2D eigenvalue weighted by molar-refractivity contribution is 0.0734. The maximum Gasteiger partial charge on any atom is 0.343 e. The Labute approximate surface area is 179 Å². The number of carbonyl (C=O) groups excluding carboxylic acids is 1. The van der Waals surface area contributed by atoms with Crippen molar-refractivity contribution in [3.8, 4) is 17.6 Å². The first kappa shape index (κ1) is 21.9. The van der Waals surface area contributed by atoms with E-state index < -0.39 is 17.9 Å². The van der Waals surface area contributed by atoms with Crippen LogP contribution in [0.15, 0.2) is 78.9 Å². The highest BCUT2D eigenvalue weighted by Crippen LogP contribution is 2.18. The molecule has 0 spiro atoms. The van der Waals surface area contributed by atoms with Crippen LogP contribution >= 0.6 is 0 Å². The van der Waals surface area contributed by atoms with Gasteiger partial charge in [0.25, 0.3) is 6.08 Å². The molecule has 0 saturated heterocycles. The molecule has 5 heteroatoms. The third-order valence-electron chi connectivity index (χ3n) is 4.47. The van der Waals surface area contributed by atoms with Gasteiger partial charge in [-0.3, -0.25) is 0 Å². The summed E-state index contributed by atoms with van der Waals surface area (Å²) in [7, 11) is 0. The summed E-state index contributed by atoms with van der Waals surface area (Å²) in [6.07, 6.45) is -0.210. The van der Waals surface area contributed by atoms with Crippen molar-refractivity contribution in [3.63, 3.8) is 0 Å². The van der Waals surface area contributed by atoms with Crippen LogP contribution < -0.4 is 4.74 Å². The number of ether oxygens (including phenoxy) is 1. The van der Waals surface area contributed by atoms with Gasteiger partial charge in [-0.15, -0.1) is 0 Å². The molecule has 0 aliphatic carbocycles. The standard InChI is InChI=1S/C26H19F3O2/c1-18-5-7-20(8-6-18)9-12-21-15-16-23(17-24(21)27)31-26(30)22-13-10-19(11-14-22)3-2-4-25(28)29/h4-8,10-11,13-17H,2-3H2,1H3. The van der Waals surface area contributed by atoms with Crippen LogP contribution in [0.2, 0.25) is 0 Å². The van der Waals surface area contributed by atoms with E-state index in [1.165, 1.54) is 12.1 Å². The molecule has 0 heterocycles. The Morgan fingerprint density at radius 3 is 2.32 bits per heavy atom. The molecule has 156 valence electrons. The molecular formula is C26H19F3O2. The molecule has 0 atom stereocenters. The van der Waals surface area contributed by atoms with Crippen molar-refractivity contribution in [2.24, 2.45) is 0 Å². The Hall–Kier alpha value is -3.78. The number of benzene rings is 3. The zero-order chi connectivity index (χ0) is 22.2. The van der Waals surface area contributed by atoms with Gasteiger partial charge in [-0.1, -0.05) is 41.7 Å². The first-order chi connectivity index (χ1) is 14.9. The molecule has 0 N–H and O–H groups in total. The topological polar surface area (TPSA) is 26.3 Å². The highest BCUT2D eigenvalue weighted by Gasteiger charge is 2.10. The average molecular weight is 420 g/mol. The number of esters is 1. The molecular weight excluding hydrogens is 401 g/mol. The number of halogens is 3. The third-order valence-corrected chi connectivity index (χ3v) is 4.47. The minimum Gasteiger partial charge on any atom is -0.423 e. The summed E-state index contributed by atoms with van der Waals surface area (Å²) < 4.78 is 43.7. The molecule has 0 unspecified atom stereocenters. The highest BCUT2D eigenvalue weighted by molar-refractivity contribution is 5.91. The van der Waals surface area contributed by atoms with E-state index in [9.17, 15) is 18.0 Å². The van der Waals surface area contributed by atoms with E-state index in [1.54, 1.807) is 24.3 Å². The molecule has 0 aromatic heterocycles. The van der Waals surface area contributed by atoms with E-state index in [0.717, 1.165) is 28.8 Å². The minimum absolute atomic E-state index is 0.0658. The summed E-state index contributed by atoms with van der Waals surface area (Å²) >= 11 is 0. The highest BCUT2D eigenvalue weighted by atomic mass is 19.3. The largest absolute Gasteiger partial charge is 0.423 e. The van der Waals surface area contributed by atoms with Gasteiger partial charge in [-0.25, -0.2) is 9.18 Å². The fraction of sp³-hybridized carbons (Fsp3) is 0.115. The van der Waals surface area contributed by atoms with Crippen LogP contribution in [0, 0.1) is 24.6 Å². The zero-order valence-electron chi connectivity index (χ0n) is 16.8. The molecule has 0 aliphatic heterocycles. The molecule has 0 bridgehead atoms. The van der Waals surface area contributed by atoms with Crippen LogP contribution in [0.3, 0.4) is 0 Å². The predicted octanol–water partition coefficient (Wildman–Crippen LogP) is 6.47. The van der Waals surface area contributed by atoms with Gasteiger partial charge in [0.05, 0.1) is 11.1 Å². The number of hydrogen-bond acceptors (Lipinski definition) is 2. The molecule has 0 saturated carbocycles. The second kappa shape index (κ2) is 10.3. The van der Waals surface area contributed by atoms with Gasteiger partial charge >= 0.3 is 5.97 Å². The molecule has 0 radical (unpaired) electrons. The summed E-state index contributed by atoms with van der Waals surface area (Å²) in [5, 5.41) is 0. The van der Waals surface area contributed by atoms with Crippen molar-refractivity contribution in [1.29, 1.82) is 0 Å². The van der Waals surface area contributed by atoms with Crippen LogP contribution in [0.4, 0.5) is 13.2 Å². The van der Waals surface area contributed by atoms with Crippen molar-refractivity contribution < 1.29 is 22.7 Å². The smallest absolute Gasteiger partial charge is 0.343 e. The number of aryl methyl sites for hydroxylation is 2. The van der Waals surface area contributed by atoms with Gasteiger partial charge < -0.3 is 4.74 Å². The number of carbonyl (C=O) groups is 1. The monoisotopic (exact) mass is 420 g/mol. The van der Waals surface area contributed by atoms with Crippen LogP contribution in [-0.2, 0) is 6.42 Å². The summed E-state index contributed by atoms with van der Waals surface area (Å²) in [6.45, 7) is 1.97. The summed E-state index contributed by atoms with van der Waals surface area (Å²) in [5.41, 5.74) is 3.18. The molecule has 3 aromatic rings. The maximum absolute atomic E-state index is 14.3. The van der Waals surface area contributed by atoms with Gasteiger partial charge in [0.1, 0.15) is 11.6 Å². The van der Waals surface area contributed by atoms with Crippen LogP contribution in [0.1, 0.15) is 39.0 Å². The van der Waals surface area contributed by atoms with Gasteiger partial charge in [-0.05, 0) is 67.8 Å². The second-order valence-corrected chi connectivity index (χ2v) is 6.88. The van der Waals surface area contributed by atoms with E-state index in [4.69, 9.17) is 4.74 Å². The number of allylic oxidation sites excluding steroid dienone is 1. The summed E-state index contributed by atoms with van der Waals surface area (Å²) in [4.78, 5) is 12.3. The first-order valence-electron chi connectivity index (χ1n) is 9.61. The van der Waals surface area contributed by atoms with Crippen molar-refractivity contribution in [2.75, 3.05) is 0 Å². The molecule has 0 fully saturated rings. The van der Waals surface area contributed by atoms with E-state index in [1.807, 2.05) is 31.2 Å². The Morgan fingerprint density at radius 1 is 0.968 bits per heavy atom. The fourth-order valence-corrected chi connectivity index (χ4v) is 2.76.